The molecule has 0 nitrogen and oxygen atoms in total. The molecule has 0 atom stereocenters. The average molecular weight is 172 g/mol. The van der Waals surface area contributed by atoms with Gasteiger partial charge in [-0.15, -0.1) is 0 Å². The van der Waals surface area contributed by atoms with Gasteiger partial charge in [0.2, 0.25) is 0 Å². The van der Waals surface area contributed by atoms with Crippen molar-refractivity contribution in [2.75, 3.05) is 0 Å². The van der Waals surface area contributed by atoms with Crippen molar-refractivity contribution in [2.45, 2.75) is 26.7 Å². The Morgan fingerprint density at radius 1 is 1.25 bits per heavy atom. The zero-order valence-corrected chi connectivity index (χ0v) is 7.43. The standard InChI is InChI=1S/C10H14F2/c1-3-4-5-6-7-8-9(2)10(11)12/h4-8,10H,3H2,1-2H3/b5-4+,7-6-,9-8+. The number of hydrogen-bond acceptors (Lipinski definition) is 0. The van der Waals surface area contributed by atoms with Crippen LogP contribution in [0, 0.1) is 0 Å². The molecule has 0 aromatic heterocycles. The molecule has 0 aromatic rings. The first-order valence-electron chi connectivity index (χ1n) is 3.96. The van der Waals surface area contributed by atoms with E-state index in [9.17, 15) is 8.78 Å². The molecular weight excluding hydrogens is 158 g/mol. The van der Waals surface area contributed by atoms with Crippen LogP contribution in [0.4, 0.5) is 8.78 Å². The Bertz CT molecular complexity index is 188. The molecule has 0 aliphatic carbocycles. The van der Waals surface area contributed by atoms with Crippen molar-refractivity contribution in [3.05, 3.63) is 36.0 Å². The third-order valence-electron chi connectivity index (χ3n) is 1.30. The number of alkyl halides is 2. The van der Waals surface area contributed by atoms with E-state index >= 15 is 0 Å². The second kappa shape index (κ2) is 6.77. The van der Waals surface area contributed by atoms with Gasteiger partial charge in [-0.2, -0.15) is 0 Å². The molecule has 0 aromatic carbocycles. The molecule has 0 saturated heterocycles. The number of allylic oxidation sites excluding steroid dienone is 6. The lowest BCUT2D eigenvalue weighted by molar-refractivity contribution is 0.190. The van der Waals surface area contributed by atoms with Crippen molar-refractivity contribution in [1.29, 1.82) is 0 Å². The summed E-state index contributed by atoms with van der Waals surface area (Å²) in [5.74, 6) is 0. The van der Waals surface area contributed by atoms with Gasteiger partial charge in [0, 0.05) is 0 Å². The van der Waals surface area contributed by atoms with Gasteiger partial charge >= 0.3 is 0 Å². The van der Waals surface area contributed by atoms with Crippen LogP contribution in [0.15, 0.2) is 36.0 Å². The molecule has 12 heavy (non-hydrogen) atoms. The maximum Gasteiger partial charge on any atom is 0.259 e. The summed E-state index contributed by atoms with van der Waals surface area (Å²) in [6.45, 7) is 3.43. The first-order chi connectivity index (χ1) is 5.68. The molecule has 0 unspecified atom stereocenters. The SMILES string of the molecule is CC/C=C/C=C\C=C(/C)C(F)F. The minimum absolute atomic E-state index is 0.0937. The molecular formula is C10H14F2. The third-order valence-corrected chi connectivity index (χ3v) is 1.30. The van der Waals surface area contributed by atoms with E-state index in [1.165, 1.54) is 13.0 Å². The zero-order valence-electron chi connectivity index (χ0n) is 7.43. The second-order valence-corrected chi connectivity index (χ2v) is 2.43. The van der Waals surface area contributed by atoms with E-state index in [-0.39, 0.29) is 5.57 Å². The van der Waals surface area contributed by atoms with Crippen LogP contribution < -0.4 is 0 Å². The fourth-order valence-electron chi connectivity index (χ4n) is 0.559. The molecule has 0 saturated carbocycles. The van der Waals surface area contributed by atoms with Gasteiger partial charge < -0.3 is 0 Å². The molecule has 0 fully saturated rings. The summed E-state index contributed by atoms with van der Waals surface area (Å²) < 4.78 is 23.8. The van der Waals surface area contributed by atoms with Gasteiger partial charge in [0.25, 0.3) is 6.43 Å². The molecule has 0 heterocycles. The quantitative estimate of drug-likeness (QED) is 0.567. The third kappa shape index (κ3) is 5.83. The lowest BCUT2D eigenvalue weighted by Crippen LogP contribution is -1.89. The van der Waals surface area contributed by atoms with Crippen LogP contribution in [-0.4, -0.2) is 6.43 Å². The number of halogens is 2. The Morgan fingerprint density at radius 2 is 1.92 bits per heavy atom. The van der Waals surface area contributed by atoms with Crippen molar-refractivity contribution in [2.24, 2.45) is 0 Å². The zero-order chi connectivity index (χ0) is 9.40. The molecule has 0 N–H and O–H groups in total. The predicted octanol–water partition coefficient (Wildman–Crippen LogP) is 3.72. The van der Waals surface area contributed by atoms with Crippen LogP contribution in [0.1, 0.15) is 20.3 Å². The van der Waals surface area contributed by atoms with Gasteiger partial charge in [0.15, 0.2) is 0 Å². The Morgan fingerprint density at radius 3 is 2.42 bits per heavy atom. The van der Waals surface area contributed by atoms with Crippen molar-refractivity contribution < 1.29 is 8.78 Å². The van der Waals surface area contributed by atoms with Crippen LogP contribution in [0.2, 0.25) is 0 Å². The van der Waals surface area contributed by atoms with Crippen molar-refractivity contribution >= 4 is 0 Å². The highest BCUT2D eigenvalue weighted by Gasteiger charge is 2.01. The van der Waals surface area contributed by atoms with Gasteiger partial charge in [0.05, 0.1) is 0 Å². The van der Waals surface area contributed by atoms with Gasteiger partial charge in [0.1, 0.15) is 0 Å². The first kappa shape index (κ1) is 11.1. The van der Waals surface area contributed by atoms with Gasteiger partial charge in [-0.05, 0) is 18.9 Å². The monoisotopic (exact) mass is 172 g/mol. The summed E-state index contributed by atoms with van der Waals surface area (Å²) in [5, 5.41) is 0. The van der Waals surface area contributed by atoms with E-state index in [1.807, 2.05) is 19.1 Å². The normalized spacial score (nSPS) is 13.9. The summed E-state index contributed by atoms with van der Waals surface area (Å²) in [7, 11) is 0. The molecule has 0 rings (SSSR count). The molecule has 68 valence electrons. The first-order valence-corrected chi connectivity index (χ1v) is 3.96. The average Bonchev–Trinajstić information content (AvgIpc) is 2.03. The van der Waals surface area contributed by atoms with E-state index in [4.69, 9.17) is 0 Å². The van der Waals surface area contributed by atoms with E-state index in [2.05, 4.69) is 0 Å². The van der Waals surface area contributed by atoms with Crippen molar-refractivity contribution in [3.63, 3.8) is 0 Å². The largest absolute Gasteiger partial charge is 0.259 e. The second-order valence-electron chi connectivity index (χ2n) is 2.43. The highest BCUT2D eigenvalue weighted by Crippen LogP contribution is 2.06. The maximum atomic E-state index is 11.9. The summed E-state index contributed by atoms with van der Waals surface area (Å²) in [5.41, 5.74) is 0.0937. The molecule has 0 aliphatic heterocycles. The Labute approximate surface area is 72.3 Å². The Balaban J connectivity index is 3.86. The summed E-state index contributed by atoms with van der Waals surface area (Å²) >= 11 is 0. The molecule has 0 spiro atoms. The van der Waals surface area contributed by atoms with Gasteiger partial charge in [-0.1, -0.05) is 37.3 Å². The van der Waals surface area contributed by atoms with Gasteiger partial charge in [-0.3, -0.25) is 0 Å². The highest BCUT2D eigenvalue weighted by atomic mass is 19.3. The molecule has 2 heteroatoms. The Kier molecular flexibility index (Phi) is 6.25. The minimum atomic E-state index is -2.34. The van der Waals surface area contributed by atoms with E-state index in [0.29, 0.717) is 0 Å². The molecule has 0 bridgehead atoms. The van der Waals surface area contributed by atoms with Crippen molar-refractivity contribution in [1.82, 2.24) is 0 Å². The van der Waals surface area contributed by atoms with Crippen molar-refractivity contribution in [3.8, 4) is 0 Å². The topological polar surface area (TPSA) is 0 Å². The lowest BCUT2D eigenvalue weighted by atomic mass is 10.3. The van der Waals surface area contributed by atoms with Gasteiger partial charge in [-0.25, -0.2) is 8.78 Å². The molecule has 0 amide bonds. The summed E-state index contributed by atoms with van der Waals surface area (Å²) in [6, 6.07) is 0. The molecule has 0 radical (unpaired) electrons. The smallest absolute Gasteiger partial charge is 0.205 e. The van der Waals surface area contributed by atoms with Crippen LogP contribution >= 0.6 is 0 Å². The summed E-state index contributed by atoms with van der Waals surface area (Å²) in [4.78, 5) is 0. The summed E-state index contributed by atoms with van der Waals surface area (Å²) in [6.07, 6.45) is 7.21. The van der Waals surface area contributed by atoms with E-state index in [1.54, 1.807) is 12.2 Å². The van der Waals surface area contributed by atoms with Crippen LogP contribution in [-0.2, 0) is 0 Å². The van der Waals surface area contributed by atoms with Crippen LogP contribution in [0.5, 0.6) is 0 Å². The van der Waals surface area contributed by atoms with E-state index in [0.717, 1.165) is 6.42 Å². The Hall–Kier alpha value is -0.920. The maximum absolute atomic E-state index is 11.9. The highest BCUT2D eigenvalue weighted by molar-refractivity contribution is 5.16. The van der Waals surface area contributed by atoms with E-state index < -0.39 is 6.43 Å². The van der Waals surface area contributed by atoms with Crippen LogP contribution in [0.3, 0.4) is 0 Å². The fraction of sp³-hybridized carbons (Fsp3) is 0.400. The fourth-order valence-corrected chi connectivity index (χ4v) is 0.559. The predicted molar refractivity (Wildman–Crippen MR) is 48.3 cm³/mol. The number of hydrogen-bond donors (Lipinski definition) is 0. The van der Waals surface area contributed by atoms with Crippen LogP contribution in [0.25, 0.3) is 0 Å². The lowest BCUT2D eigenvalue weighted by Gasteiger charge is -1.93. The number of rotatable bonds is 4. The minimum Gasteiger partial charge on any atom is -0.205 e. The molecule has 0 aliphatic rings.